The molecule has 2 atom stereocenters. The Morgan fingerprint density at radius 2 is 2.12 bits per heavy atom. The first-order valence-corrected chi connectivity index (χ1v) is 6.98. The van der Waals surface area contributed by atoms with Crippen molar-refractivity contribution >= 4 is 0 Å². The van der Waals surface area contributed by atoms with Crippen LogP contribution in [0.2, 0.25) is 0 Å². The van der Waals surface area contributed by atoms with Crippen LogP contribution in [-0.2, 0) is 13.5 Å². The minimum atomic E-state index is 0.854. The minimum Gasteiger partial charge on any atom is -0.317 e. The molecule has 96 valence electrons. The molecule has 0 aromatic carbocycles. The van der Waals surface area contributed by atoms with E-state index in [0.29, 0.717) is 0 Å². The van der Waals surface area contributed by atoms with Crippen molar-refractivity contribution < 1.29 is 0 Å². The van der Waals surface area contributed by atoms with Crippen LogP contribution in [0.5, 0.6) is 0 Å². The van der Waals surface area contributed by atoms with E-state index in [1.807, 2.05) is 17.9 Å². The number of hydrogen-bond acceptors (Lipinski definition) is 2. The van der Waals surface area contributed by atoms with Crippen molar-refractivity contribution in [1.82, 2.24) is 15.1 Å². The number of rotatable bonds is 5. The van der Waals surface area contributed by atoms with Crippen molar-refractivity contribution in [2.24, 2.45) is 18.9 Å². The smallest absolute Gasteiger partial charge is 0.0521 e. The lowest BCUT2D eigenvalue weighted by Crippen LogP contribution is -2.31. The predicted octanol–water partition coefficient (Wildman–Crippen LogP) is 2.38. The molecule has 1 aromatic heterocycles. The third-order valence-electron chi connectivity index (χ3n) is 3.98. The lowest BCUT2D eigenvalue weighted by molar-refractivity contribution is 0.229. The van der Waals surface area contributed by atoms with Gasteiger partial charge < -0.3 is 5.32 Å². The fraction of sp³-hybridized carbons (Fsp3) is 0.786. The number of aromatic nitrogens is 2. The zero-order chi connectivity index (χ0) is 12.1. The van der Waals surface area contributed by atoms with Gasteiger partial charge in [-0.2, -0.15) is 5.10 Å². The minimum absolute atomic E-state index is 0.854. The second-order valence-electron chi connectivity index (χ2n) is 5.34. The van der Waals surface area contributed by atoms with Crippen LogP contribution in [0.3, 0.4) is 0 Å². The Hall–Kier alpha value is -0.830. The number of hydrogen-bond donors (Lipinski definition) is 1. The van der Waals surface area contributed by atoms with Gasteiger partial charge in [0.15, 0.2) is 0 Å². The molecular formula is C14H25N3. The van der Waals surface area contributed by atoms with E-state index in [1.165, 1.54) is 44.2 Å². The topological polar surface area (TPSA) is 29.9 Å². The summed E-state index contributed by atoms with van der Waals surface area (Å²) in [5, 5.41) is 7.79. The quantitative estimate of drug-likeness (QED) is 0.849. The second-order valence-corrected chi connectivity index (χ2v) is 5.34. The van der Waals surface area contributed by atoms with Crippen LogP contribution in [0.15, 0.2) is 12.4 Å². The van der Waals surface area contributed by atoms with E-state index in [-0.39, 0.29) is 0 Å². The molecule has 0 bridgehead atoms. The molecule has 1 aliphatic rings. The standard InChI is InChI=1S/C14H25N3/c1-3-15-10-14-7-5-4-6-13(14)8-12-9-16-17(2)11-12/h9,11,13-15H,3-8,10H2,1-2H3. The first-order chi connectivity index (χ1) is 8.29. The van der Waals surface area contributed by atoms with Gasteiger partial charge in [-0.1, -0.05) is 19.8 Å². The highest BCUT2D eigenvalue weighted by Crippen LogP contribution is 2.32. The SMILES string of the molecule is CCNCC1CCCCC1Cc1cnn(C)c1. The maximum Gasteiger partial charge on any atom is 0.0521 e. The zero-order valence-corrected chi connectivity index (χ0v) is 11.2. The molecular weight excluding hydrogens is 210 g/mol. The van der Waals surface area contributed by atoms with E-state index in [0.717, 1.165) is 18.4 Å². The van der Waals surface area contributed by atoms with E-state index in [1.54, 1.807) is 0 Å². The van der Waals surface area contributed by atoms with Gasteiger partial charge in [-0.15, -0.1) is 0 Å². The van der Waals surface area contributed by atoms with Crippen LogP contribution in [0.25, 0.3) is 0 Å². The van der Waals surface area contributed by atoms with E-state index < -0.39 is 0 Å². The molecule has 2 unspecified atom stereocenters. The number of nitrogens with zero attached hydrogens (tertiary/aromatic N) is 2. The molecule has 2 rings (SSSR count). The van der Waals surface area contributed by atoms with Crippen LogP contribution in [0.1, 0.15) is 38.2 Å². The number of nitrogens with one attached hydrogen (secondary N) is 1. The lowest BCUT2D eigenvalue weighted by atomic mass is 9.76. The fourth-order valence-electron chi connectivity index (χ4n) is 3.03. The van der Waals surface area contributed by atoms with Gasteiger partial charge >= 0.3 is 0 Å². The molecule has 0 spiro atoms. The maximum atomic E-state index is 4.27. The summed E-state index contributed by atoms with van der Waals surface area (Å²) in [6.45, 7) is 4.48. The van der Waals surface area contributed by atoms with E-state index in [4.69, 9.17) is 0 Å². The molecule has 1 fully saturated rings. The lowest BCUT2D eigenvalue weighted by Gasteiger charge is -2.31. The summed E-state index contributed by atoms with van der Waals surface area (Å²) in [4.78, 5) is 0. The Morgan fingerprint density at radius 1 is 1.35 bits per heavy atom. The van der Waals surface area contributed by atoms with Gasteiger partial charge in [0.1, 0.15) is 0 Å². The molecule has 1 aromatic rings. The Bertz CT molecular complexity index is 332. The van der Waals surface area contributed by atoms with Crippen molar-refractivity contribution in [1.29, 1.82) is 0 Å². The largest absolute Gasteiger partial charge is 0.317 e. The molecule has 1 saturated carbocycles. The molecule has 0 saturated heterocycles. The number of aryl methyl sites for hydroxylation is 1. The third kappa shape index (κ3) is 3.56. The predicted molar refractivity (Wildman–Crippen MR) is 70.9 cm³/mol. The van der Waals surface area contributed by atoms with Crippen LogP contribution >= 0.6 is 0 Å². The van der Waals surface area contributed by atoms with Crippen molar-refractivity contribution in [2.45, 2.75) is 39.0 Å². The third-order valence-corrected chi connectivity index (χ3v) is 3.98. The fourth-order valence-corrected chi connectivity index (χ4v) is 3.03. The highest BCUT2D eigenvalue weighted by atomic mass is 15.2. The molecule has 1 N–H and O–H groups in total. The van der Waals surface area contributed by atoms with E-state index in [9.17, 15) is 0 Å². The Labute approximate surface area is 105 Å². The average molecular weight is 235 g/mol. The Balaban J connectivity index is 1.91. The van der Waals surface area contributed by atoms with Gasteiger partial charge in [-0.25, -0.2) is 0 Å². The van der Waals surface area contributed by atoms with Crippen molar-refractivity contribution in [2.75, 3.05) is 13.1 Å². The summed E-state index contributed by atoms with van der Waals surface area (Å²) >= 11 is 0. The van der Waals surface area contributed by atoms with Crippen LogP contribution in [0.4, 0.5) is 0 Å². The highest BCUT2D eigenvalue weighted by molar-refractivity contribution is 5.05. The van der Waals surface area contributed by atoms with Crippen molar-refractivity contribution in [3.05, 3.63) is 18.0 Å². The molecule has 3 heteroatoms. The van der Waals surface area contributed by atoms with Gasteiger partial charge in [-0.05, 0) is 49.8 Å². The van der Waals surface area contributed by atoms with Crippen molar-refractivity contribution in [3.8, 4) is 0 Å². The zero-order valence-electron chi connectivity index (χ0n) is 11.2. The van der Waals surface area contributed by atoms with Crippen LogP contribution in [0, 0.1) is 11.8 Å². The summed E-state index contributed by atoms with van der Waals surface area (Å²) in [5.74, 6) is 1.72. The molecule has 17 heavy (non-hydrogen) atoms. The molecule has 1 aliphatic carbocycles. The van der Waals surface area contributed by atoms with Crippen molar-refractivity contribution in [3.63, 3.8) is 0 Å². The normalized spacial score (nSPS) is 25.1. The second kappa shape index (κ2) is 6.20. The molecule has 0 aliphatic heterocycles. The van der Waals surface area contributed by atoms with Gasteiger partial charge in [0.05, 0.1) is 6.20 Å². The maximum absolute atomic E-state index is 4.27. The van der Waals surface area contributed by atoms with E-state index in [2.05, 4.69) is 23.5 Å². The average Bonchev–Trinajstić information content (AvgIpc) is 2.74. The van der Waals surface area contributed by atoms with Gasteiger partial charge in [0, 0.05) is 13.2 Å². The Kier molecular flexibility index (Phi) is 4.60. The molecule has 1 heterocycles. The van der Waals surface area contributed by atoms with Crippen LogP contribution < -0.4 is 5.32 Å². The summed E-state index contributed by atoms with van der Waals surface area (Å²) in [6.07, 6.45) is 11.0. The highest BCUT2D eigenvalue weighted by Gasteiger charge is 2.25. The van der Waals surface area contributed by atoms with Gasteiger partial charge in [0.2, 0.25) is 0 Å². The first kappa shape index (κ1) is 12.6. The molecule has 3 nitrogen and oxygen atoms in total. The van der Waals surface area contributed by atoms with Gasteiger partial charge in [0.25, 0.3) is 0 Å². The summed E-state index contributed by atoms with van der Waals surface area (Å²) in [6, 6.07) is 0. The monoisotopic (exact) mass is 235 g/mol. The van der Waals surface area contributed by atoms with E-state index >= 15 is 0 Å². The van der Waals surface area contributed by atoms with Gasteiger partial charge in [-0.3, -0.25) is 4.68 Å². The van der Waals surface area contributed by atoms with Crippen LogP contribution in [-0.4, -0.2) is 22.9 Å². The summed E-state index contributed by atoms with van der Waals surface area (Å²) in [7, 11) is 2.00. The summed E-state index contributed by atoms with van der Waals surface area (Å²) in [5.41, 5.74) is 1.40. The Morgan fingerprint density at radius 3 is 2.76 bits per heavy atom. The first-order valence-electron chi connectivity index (χ1n) is 6.98. The molecule has 0 amide bonds. The summed E-state index contributed by atoms with van der Waals surface area (Å²) < 4.78 is 1.91. The molecule has 0 radical (unpaired) electrons.